The van der Waals surface area contributed by atoms with Gasteiger partial charge < -0.3 is 10.8 Å². The van der Waals surface area contributed by atoms with Crippen molar-refractivity contribution in [1.29, 1.82) is 0 Å². The van der Waals surface area contributed by atoms with Gasteiger partial charge in [-0.25, -0.2) is 4.90 Å². The summed E-state index contributed by atoms with van der Waals surface area (Å²) in [4.78, 5) is 11.5. The molecule has 0 aromatic rings. The minimum Gasteiger partial charge on any atom is -0.481 e. The van der Waals surface area contributed by atoms with Crippen molar-refractivity contribution in [3.8, 4) is 0 Å². The van der Waals surface area contributed by atoms with Crippen LogP contribution >= 0.6 is 0 Å². The first kappa shape index (κ1) is 13.3. The van der Waals surface area contributed by atoms with E-state index in [9.17, 15) is 13.6 Å². The van der Waals surface area contributed by atoms with E-state index in [1.807, 2.05) is 0 Å². The molecule has 0 saturated carbocycles. The molecule has 0 radical (unpaired) electrons. The Morgan fingerprint density at radius 1 is 1.50 bits per heavy atom. The minimum atomic E-state index is -2.75. The van der Waals surface area contributed by atoms with Crippen LogP contribution in [0.1, 0.15) is 32.1 Å². The van der Waals surface area contributed by atoms with Crippen LogP contribution in [0.5, 0.6) is 0 Å². The van der Waals surface area contributed by atoms with Crippen LogP contribution in [-0.4, -0.2) is 41.2 Å². The molecule has 0 spiro atoms. The number of piperidine rings is 1. The Bertz CT molecular complexity index is 249. The Labute approximate surface area is 93.4 Å². The van der Waals surface area contributed by atoms with Gasteiger partial charge in [0.15, 0.2) is 0 Å². The number of alkyl halides is 2. The molecule has 1 atom stereocenters. The van der Waals surface area contributed by atoms with Crippen LogP contribution in [0.3, 0.4) is 0 Å². The Morgan fingerprint density at radius 2 is 2.19 bits per heavy atom. The number of nitrogens with two attached hydrogens (primary N) is 1. The van der Waals surface area contributed by atoms with Gasteiger partial charge in [-0.2, -0.15) is 8.78 Å². The third-order valence-corrected chi connectivity index (χ3v) is 2.82. The molecule has 1 fully saturated rings. The van der Waals surface area contributed by atoms with Gasteiger partial charge in [0.2, 0.25) is 0 Å². The molecule has 1 saturated heterocycles. The summed E-state index contributed by atoms with van der Waals surface area (Å²) >= 11 is 0. The number of hydrogen-bond donors (Lipinski definition) is 2. The first-order valence-corrected chi connectivity index (χ1v) is 5.52. The van der Waals surface area contributed by atoms with Crippen LogP contribution in [-0.2, 0) is 4.79 Å². The number of rotatable bonds is 5. The molecular formula is C10H18F2N2O2. The maximum Gasteiger partial charge on any atom is 0.304 e. The molecule has 0 aromatic carbocycles. The summed E-state index contributed by atoms with van der Waals surface area (Å²) in [6.07, 6.45) is 1.33. The topological polar surface area (TPSA) is 66.6 Å². The number of aliphatic carboxylic acids is 1. The number of carboxylic acid groups (broad SMARTS) is 1. The van der Waals surface area contributed by atoms with Crippen molar-refractivity contribution in [2.24, 2.45) is 5.73 Å². The Balaban J connectivity index is 2.33. The van der Waals surface area contributed by atoms with Crippen LogP contribution in [0, 0.1) is 0 Å². The Morgan fingerprint density at radius 3 is 2.75 bits per heavy atom. The van der Waals surface area contributed by atoms with Crippen LogP contribution in [0.2, 0.25) is 0 Å². The van der Waals surface area contributed by atoms with Crippen LogP contribution in [0.15, 0.2) is 0 Å². The molecule has 4 nitrogen and oxygen atoms in total. The predicted molar refractivity (Wildman–Crippen MR) is 55.2 cm³/mol. The fourth-order valence-electron chi connectivity index (χ4n) is 1.89. The van der Waals surface area contributed by atoms with Gasteiger partial charge in [-0.1, -0.05) is 0 Å². The van der Waals surface area contributed by atoms with E-state index in [1.54, 1.807) is 0 Å². The molecule has 0 amide bonds. The average Bonchev–Trinajstić information content (AvgIpc) is 2.14. The first-order valence-electron chi connectivity index (χ1n) is 5.52. The molecule has 0 aliphatic carbocycles. The zero-order chi connectivity index (χ0) is 12.2. The fraction of sp³-hybridized carbons (Fsp3) is 0.900. The second-order valence-corrected chi connectivity index (χ2v) is 4.26. The van der Waals surface area contributed by atoms with Gasteiger partial charge in [0.1, 0.15) is 0 Å². The molecule has 1 aliphatic heterocycles. The van der Waals surface area contributed by atoms with Gasteiger partial charge >= 0.3 is 12.0 Å². The number of hydrogen-bond acceptors (Lipinski definition) is 3. The second kappa shape index (κ2) is 5.54. The standard InChI is InChI=1S/C10H18F2N2O2/c11-10(12)4-1-2-5-14(10)6-3-8(13)7-9(15)16/h8H,1-7,13H2,(H,15,16). The number of carbonyl (C=O) groups is 1. The van der Waals surface area contributed by atoms with E-state index in [0.29, 0.717) is 19.4 Å². The third kappa shape index (κ3) is 4.02. The summed E-state index contributed by atoms with van der Waals surface area (Å²) in [6, 6.07) is -3.29. The molecular weight excluding hydrogens is 218 g/mol. The third-order valence-electron chi connectivity index (χ3n) is 2.82. The smallest absolute Gasteiger partial charge is 0.304 e. The van der Waals surface area contributed by atoms with E-state index >= 15 is 0 Å². The van der Waals surface area contributed by atoms with Crippen LogP contribution in [0.25, 0.3) is 0 Å². The lowest BCUT2D eigenvalue weighted by Crippen LogP contribution is -2.46. The average molecular weight is 236 g/mol. The number of nitrogens with zero attached hydrogens (tertiary/aromatic N) is 1. The number of carboxylic acids is 1. The minimum absolute atomic E-state index is 0.110. The molecule has 16 heavy (non-hydrogen) atoms. The van der Waals surface area contributed by atoms with E-state index in [4.69, 9.17) is 10.8 Å². The van der Waals surface area contributed by atoms with Crippen molar-refractivity contribution in [3.05, 3.63) is 0 Å². The highest BCUT2D eigenvalue weighted by Gasteiger charge is 2.38. The zero-order valence-electron chi connectivity index (χ0n) is 9.16. The molecule has 94 valence electrons. The zero-order valence-corrected chi connectivity index (χ0v) is 9.16. The van der Waals surface area contributed by atoms with E-state index < -0.39 is 18.1 Å². The van der Waals surface area contributed by atoms with Gasteiger partial charge in [-0.15, -0.1) is 0 Å². The summed E-state index contributed by atoms with van der Waals surface area (Å²) in [7, 11) is 0. The lowest BCUT2D eigenvalue weighted by atomic mass is 10.1. The van der Waals surface area contributed by atoms with Gasteiger partial charge in [-0.05, 0) is 19.3 Å². The first-order chi connectivity index (χ1) is 7.42. The fourth-order valence-corrected chi connectivity index (χ4v) is 1.89. The molecule has 3 N–H and O–H groups in total. The normalized spacial score (nSPS) is 22.9. The van der Waals surface area contributed by atoms with Crippen molar-refractivity contribution in [1.82, 2.24) is 4.90 Å². The summed E-state index contributed by atoms with van der Waals surface area (Å²) in [6.45, 7) is 0.536. The van der Waals surface area contributed by atoms with Gasteiger partial charge in [0.05, 0.1) is 6.42 Å². The van der Waals surface area contributed by atoms with E-state index in [-0.39, 0.29) is 19.4 Å². The maximum absolute atomic E-state index is 13.4. The number of halogens is 2. The molecule has 1 heterocycles. The van der Waals surface area contributed by atoms with Gasteiger partial charge in [-0.3, -0.25) is 4.79 Å². The van der Waals surface area contributed by atoms with Crippen molar-refractivity contribution in [2.75, 3.05) is 13.1 Å². The SMILES string of the molecule is NC(CCN1CCCCC1(F)F)CC(=O)O. The summed E-state index contributed by atoms with van der Waals surface area (Å²) in [5.41, 5.74) is 5.53. The molecule has 1 rings (SSSR count). The maximum atomic E-state index is 13.4. The van der Waals surface area contributed by atoms with Crippen molar-refractivity contribution in [2.45, 2.75) is 44.2 Å². The lowest BCUT2D eigenvalue weighted by molar-refractivity contribution is -0.167. The van der Waals surface area contributed by atoms with Gasteiger partial charge in [0, 0.05) is 25.6 Å². The second-order valence-electron chi connectivity index (χ2n) is 4.26. The molecule has 1 aliphatic rings. The van der Waals surface area contributed by atoms with Crippen LogP contribution in [0.4, 0.5) is 8.78 Å². The Kier molecular flexibility index (Phi) is 4.61. The quantitative estimate of drug-likeness (QED) is 0.705. The van der Waals surface area contributed by atoms with Gasteiger partial charge in [0.25, 0.3) is 0 Å². The largest absolute Gasteiger partial charge is 0.481 e. The molecule has 0 aromatic heterocycles. The monoisotopic (exact) mass is 236 g/mol. The van der Waals surface area contributed by atoms with Crippen LogP contribution < -0.4 is 5.73 Å². The Hall–Kier alpha value is -0.750. The van der Waals surface area contributed by atoms with Crippen molar-refractivity contribution >= 4 is 5.97 Å². The lowest BCUT2D eigenvalue weighted by Gasteiger charge is -2.35. The summed E-state index contributed by atoms with van der Waals surface area (Å²) in [5.74, 6) is -0.988. The molecule has 0 bridgehead atoms. The molecule has 6 heteroatoms. The van der Waals surface area contributed by atoms with E-state index in [0.717, 1.165) is 11.3 Å². The molecule has 1 unspecified atom stereocenters. The number of likely N-dealkylation sites (tertiary alicyclic amines) is 1. The predicted octanol–water partition coefficient (Wildman–Crippen LogP) is 1.26. The summed E-state index contributed by atoms with van der Waals surface area (Å²) in [5, 5.41) is 8.48. The van der Waals surface area contributed by atoms with Crippen molar-refractivity contribution < 1.29 is 18.7 Å². The van der Waals surface area contributed by atoms with E-state index in [2.05, 4.69) is 0 Å². The van der Waals surface area contributed by atoms with Crippen molar-refractivity contribution in [3.63, 3.8) is 0 Å². The van der Waals surface area contributed by atoms with E-state index in [1.165, 1.54) is 0 Å². The highest BCUT2D eigenvalue weighted by molar-refractivity contribution is 5.67. The highest BCUT2D eigenvalue weighted by Crippen LogP contribution is 2.30. The highest BCUT2D eigenvalue weighted by atomic mass is 19.3. The summed E-state index contributed by atoms with van der Waals surface area (Å²) < 4.78 is 26.7.